The standard InChI is InChI=1S/C25H19ClF2N2O3/c26-22-15-18(28)9-10-21(22)25(33)30-13-11-29(12-14-30)24(32)20-4-2-1-3-19(20)23(31)16-5-7-17(27)8-6-16/h1-10,15H,11-14H2. The zero-order valence-corrected chi connectivity index (χ0v) is 18.2. The number of halogens is 3. The molecule has 1 aliphatic heterocycles. The average molecular weight is 469 g/mol. The van der Waals surface area contributed by atoms with Crippen LogP contribution in [-0.2, 0) is 0 Å². The van der Waals surface area contributed by atoms with E-state index in [0.717, 1.165) is 6.07 Å². The van der Waals surface area contributed by atoms with Crippen molar-refractivity contribution in [2.75, 3.05) is 26.2 Å². The highest BCUT2D eigenvalue weighted by atomic mass is 35.5. The number of amides is 2. The molecule has 0 aromatic heterocycles. The van der Waals surface area contributed by atoms with Gasteiger partial charge in [-0.15, -0.1) is 0 Å². The number of ketones is 1. The molecule has 1 saturated heterocycles. The number of benzene rings is 3. The first kappa shape index (κ1) is 22.6. The van der Waals surface area contributed by atoms with Crippen LogP contribution >= 0.6 is 11.6 Å². The topological polar surface area (TPSA) is 57.7 Å². The second-order valence-electron chi connectivity index (χ2n) is 7.59. The van der Waals surface area contributed by atoms with Crippen LogP contribution in [0.2, 0.25) is 5.02 Å². The molecule has 0 N–H and O–H groups in total. The Bertz CT molecular complexity index is 1220. The van der Waals surface area contributed by atoms with Gasteiger partial charge in [0, 0.05) is 37.3 Å². The third-order valence-electron chi connectivity index (χ3n) is 5.52. The maximum Gasteiger partial charge on any atom is 0.255 e. The second kappa shape index (κ2) is 9.50. The summed E-state index contributed by atoms with van der Waals surface area (Å²) in [6, 6.07) is 15.2. The SMILES string of the molecule is O=C(c1ccc(F)cc1)c1ccccc1C(=O)N1CCN(C(=O)c2ccc(F)cc2Cl)CC1. The third kappa shape index (κ3) is 4.78. The van der Waals surface area contributed by atoms with Crippen LogP contribution in [0.15, 0.2) is 66.7 Å². The Balaban J connectivity index is 1.48. The summed E-state index contributed by atoms with van der Waals surface area (Å²) in [6.07, 6.45) is 0. The summed E-state index contributed by atoms with van der Waals surface area (Å²) in [7, 11) is 0. The molecule has 0 bridgehead atoms. The fourth-order valence-electron chi connectivity index (χ4n) is 3.74. The van der Waals surface area contributed by atoms with Crippen molar-refractivity contribution in [2.24, 2.45) is 0 Å². The van der Waals surface area contributed by atoms with Gasteiger partial charge in [0.15, 0.2) is 5.78 Å². The number of piperazine rings is 1. The van der Waals surface area contributed by atoms with Crippen molar-refractivity contribution in [3.8, 4) is 0 Å². The molecule has 0 radical (unpaired) electrons. The highest BCUT2D eigenvalue weighted by Crippen LogP contribution is 2.21. The van der Waals surface area contributed by atoms with E-state index >= 15 is 0 Å². The fourth-order valence-corrected chi connectivity index (χ4v) is 3.99. The van der Waals surface area contributed by atoms with E-state index in [1.165, 1.54) is 36.4 Å². The van der Waals surface area contributed by atoms with Crippen LogP contribution in [-0.4, -0.2) is 53.6 Å². The minimum Gasteiger partial charge on any atom is -0.335 e. The Morgan fingerprint density at radius 1 is 0.667 bits per heavy atom. The summed E-state index contributed by atoms with van der Waals surface area (Å²) in [5.74, 6) is -2.02. The molecule has 33 heavy (non-hydrogen) atoms. The van der Waals surface area contributed by atoms with Crippen molar-refractivity contribution >= 4 is 29.2 Å². The molecule has 2 amide bonds. The highest BCUT2D eigenvalue weighted by molar-refractivity contribution is 6.33. The molecule has 4 rings (SSSR count). The number of hydrogen-bond donors (Lipinski definition) is 0. The first-order valence-electron chi connectivity index (χ1n) is 10.3. The predicted octanol–water partition coefficient (Wildman–Crippen LogP) is 4.45. The summed E-state index contributed by atoms with van der Waals surface area (Å²) in [4.78, 5) is 42.0. The van der Waals surface area contributed by atoms with Crippen molar-refractivity contribution < 1.29 is 23.2 Å². The number of nitrogens with zero attached hydrogens (tertiary/aromatic N) is 2. The zero-order valence-electron chi connectivity index (χ0n) is 17.4. The van der Waals surface area contributed by atoms with Gasteiger partial charge in [-0.1, -0.05) is 29.8 Å². The Kier molecular flexibility index (Phi) is 6.51. The molecular formula is C25H19ClF2N2O3. The van der Waals surface area contributed by atoms with E-state index in [0.29, 0.717) is 0 Å². The van der Waals surface area contributed by atoms with E-state index in [2.05, 4.69) is 0 Å². The molecule has 3 aromatic rings. The largest absolute Gasteiger partial charge is 0.335 e. The molecule has 5 nitrogen and oxygen atoms in total. The summed E-state index contributed by atoms with van der Waals surface area (Å²) in [5, 5.41) is 0.0340. The van der Waals surface area contributed by atoms with Gasteiger partial charge in [-0.2, -0.15) is 0 Å². The van der Waals surface area contributed by atoms with E-state index in [1.54, 1.807) is 34.1 Å². The highest BCUT2D eigenvalue weighted by Gasteiger charge is 2.28. The van der Waals surface area contributed by atoms with E-state index in [4.69, 9.17) is 11.6 Å². The normalized spacial score (nSPS) is 13.7. The maximum absolute atomic E-state index is 13.3. The van der Waals surface area contributed by atoms with Gasteiger partial charge in [0.05, 0.1) is 16.1 Å². The Labute approximate surface area is 194 Å². The number of carbonyl (C=O) groups is 3. The molecule has 3 aromatic carbocycles. The molecule has 168 valence electrons. The molecule has 0 spiro atoms. The maximum atomic E-state index is 13.3. The fraction of sp³-hybridized carbons (Fsp3) is 0.160. The Hall–Kier alpha value is -3.58. The van der Waals surface area contributed by atoms with Crippen LogP contribution in [0.5, 0.6) is 0 Å². The molecule has 0 aliphatic carbocycles. The predicted molar refractivity (Wildman–Crippen MR) is 119 cm³/mol. The molecule has 0 atom stereocenters. The van der Waals surface area contributed by atoms with Crippen LogP contribution in [0.3, 0.4) is 0 Å². The molecule has 1 heterocycles. The lowest BCUT2D eigenvalue weighted by Crippen LogP contribution is -2.50. The van der Waals surface area contributed by atoms with Crippen molar-refractivity contribution in [1.82, 2.24) is 9.80 Å². The first-order valence-corrected chi connectivity index (χ1v) is 10.7. The van der Waals surface area contributed by atoms with Gasteiger partial charge in [0.1, 0.15) is 11.6 Å². The van der Waals surface area contributed by atoms with E-state index in [1.807, 2.05) is 0 Å². The van der Waals surface area contributed by atoms with Crippen LogP contribution in [0.1, 0.15) is 36.6 Å². The van der Waals surface area contributed by atoms with Gasteiger partial charge in [-0.3, -0.25) is 14.4 Å². The van der Waals surface area contributed by atoms with Gasteiger partial charge in [-0.25, -0.2) is 8.78 Å². The van der Waals surface area contributed by atoms with Crippen LogP contribution < -0.4 is 0 Å². The molecule has 8 heteroatoms. The summed E-state index contributed by atoms with van der Waals surface area (Å²) >= 11 is 6.00. The van der Waals surface area contributed by atoms with E-state index in [9.17, 15) is 23.2 Å². The van der Waals surface area contributed by atoms with Crippen molar-refractivity contribution in [3.63, 3.8) is 0 Å². The van der Waals surface area contributed by atoms with Crippen molar-refractivity contribution in [3.05, 3.63) is 106 Å². The lowest BCUT2D eigenvalue weighted by molar-refractivity contribution is 0.0534. The van der Waals surface area contributed by atoms with Gasteiger partial charge < -0.3 is 9.80 Å². The van der Waals surface area contributed by atoms with Crippen LogP contribution in [0, 0.1) is 11.6 Å². The molecular weight excluding hydrogens is 450 g/mol. The van der Waals surface area contributed by atoms with Gasteiger partial charge in [0.25, 0.3) is 11.8 Å². The Morgan fingerprint density at radius 2 is 1.18 bits per heavy atom. The number of rotatable bonds is 4. The van der Waals surface area contributed by atoms with Crippen molar-refractivity contribution in [1.29, 1.82) is 0 Å². The summed E-state index contributed by atoms with van der Waals surface area (Å²) in [6.45, 7) is 1.07. The van der Waals surface area contributed by atoms with Gasteiger partial charge in [0.2, 0.25) is 0 Å². The summed E-state index contributed by atoms with van der Waals surface area (Å²) in [5.41, 5.74) is 0.954. The monoisotopic (exact) mass is 468 g/mol. The molecule has 0 unspecified atom stereocenters. The van der Waals surface area contributed by atoms with Gasteiger partial charge >= 0.3 is 0 Å². The molecule has 0 saturated carbocycles. The average Bonchev–Trinajstić information content (AvgIpc) is 2.83. The van der Waals surface area contributed by atoms with Crippen molar-refractivity contribution in [2.45, 2.75) is 0 Å². The van der Waals surface area contributed by atoms with E-state index < -0.39 is 11.6 Å². The van der Waals surface area contributed by atoms with Gasteiger partial charge in [-0.05, 0) is 48.5 Å². The minimum absolute atomic E-state index is 0.0340. The van der Waals surface area contributed by atoms with E-state index in [-0.39, 0.29) is 71.1 Å². The second-order valence-corrected chi connectivity index (χ2v) is 8.00. The lowest BCUT2D eigenvalue weighted by Gasteiger charge is -2.35. The number of carbonyl (C=O) groups excluding carboxylic acids is 3. The smallest absolute Gasteiger partial charge is 0.255 e. The lowest BCUT2D eigenvalue weighted by atomic mass is 9.97. The van der Waals surface area contributed by atoms with Crippen LogP contribution in [0.4, 0.5) is 8.78 Å². The Morgan fingerprint density at radius 3 is 1.76 bits per heavy atom. The zero-order chi connectivity index (χ0) is 23.5. The number of hydrogen-bond acceptors (Lipinski definition) is 3. The first-order chi connectivity index (χ1) is 15.8. The quantitative estimate of drug-likeness (QED) is 0.532. The molecule has 1 fully saturated rings. The summed E-state index contributed by atoms with van der Waals surface area (Å²) < 4.78 is 26.5. The third-order valence-corrected chi connectivity index (χ3v) is 5.84. The minimum atomic E-state index is -0.527. The van der Waals surface area contributed by atoms with Crippen LogP contribution in [0.25, 0.3) is 0 Å². The molecule has 1 aliphatic rings.